The Balaban J connectivity index is 1.64. The van der Waals surface area contributed by atoms with E-state index in [4.69, 9.17) is 5.73 Å². The number of rotatable bonds is 3. The Bertz CT molecular complexity index is 635. The Morgan fingerprint density at radius 3 is 2.86 bits per heavy atom. The number of phenolic OH excluding ortho intramolecular Hbond substituents is 1. The van der Waals surface area contributed by atoms with E-state index in [1.54, 1.807) is 35.4 Å². The minimum Gasteiger partial charge on any atom is -0.508 e. The second kappa shape index (κ2) is 5.57. The van der Waals surface area contributed by atoms with Crippen LogP contribution in [-0.2, 0) is 24.3 Å². The van der Waals surface area contributed by atoms with E-state index in [-0.39, 0.29) is 11.7 Å². The monoisotopic (exact) mass is 286 g/mol. The summed E-state index contributed by atoms with van der Waals surface area (Å²) in [5, 5.41) is 9.26. The Hall–Kier alpha value is -2.34. The second-order valence-electron chi connectivity index (χ2n) is 5.27. The van der Waals surface area contributed by atoms with Gasteiger partial charge in [-0.15, -0.1) is 0 Å². The van der Waals surface area contributed by atoms with Gasteiger partial charge < -0.3 is 20.3 Å². The maximum atomic E-state index is 12.4. The van der Waals surface area contributed by atoms with Crippen molar-refractivity contribution in [2.45, 2.75) is 25.6 Å². The summed E-state index contributed by atoms with van der Waals surface area (Å²) in [7, 11) is 0. The molecule has 0 bridgehead atoms. The molecule has 0 spiro atoms. The predicted molar refractivity (Wildman–Crippen MR) is 77.4 cm³/mol. The minimum absolute atomic E-state index is 0.0580. The van der Waals surface area contributed by atoms with Crippen molar-refractivity contribution in [1.82, 2.24) is 14.5 Å². The lowest BCUT2D eigenvalue weighted by Crippen LogP contribution is -2.47. The van der Waals surface area contributed by atoms with Gasteiger partial charge in [0.1, 0.15) is 11.6 Å². The van der Waals surface area contributed by atoms with Gasteiger partial charge in [-0.1, -0.05) is 12.1 Å². The molecule has 0 aliphatic carbocycles. The van der Waals surface area contributed by atoms with Crippen LogP contribution >= 0.6 is 0 Å². The van der Waals surface area contributed by atoms with E-state index in [0.29, 0.717) is 19.5 Å². The fourth-order valence-electron chi connectivity index (χ4n) is 2.57. The SMILES string of the molecule is N[C@H](Cc1ccc(O)cc1)C(=O)N1CCn2ccnc2C1. The number of carbonyl (C=O) groups excluding carboxylic acids is 1. The first kappa shape index (κ1) is 13.6. The average molecular weight is 286 g/mol. The van der Waals surface area contributed by atoms with Crippen molar-refractivity contribution in [2.24, 2.45) is 5.73 Å². The third-order valence-corrected chi connectivity index (χ3v) is 3.77. The highest BCUT2D eigenvalue weighted by atomic mass is 16.3. The van der Waals surface area contributed by atoms with E-state index in [1.165, 1.54) is 0 Å². The molecule has 2 heterocycles. The van der Waals surface area contributed by atoms with Crippen LogP contribution < -0.4 is 5.73 Å². The molecule has 0 saturated heterocycles. The molecule has 0 fully saturated rings. The van der Waals surface area contributed by atoms with Crippen molar-refractivity contribution in [3.63, 3.8) is 0 Å². The van der Waals surface area contributed by atoms with Gasteiger partial charge in [0.25, 0.3) is 0 Å². The summed E-state index contributed by atoms with van der Waals surface area (Å²) in [5.74, 6) is 1.05. The quantitative estimate of drug-likeness (QED) is 0.860. The van der Waals surface area contributed by atoms with Crippen LogP contribution in [0.1, 0.15) is 11.4 Å². The summed E-state index contributed by atoms with van der Waals surface area (Å²) in [6, 6.07) is 6.20. The largest absolute Gasteiger partial charge is 0.508 e. The molecule has 1 aromatic heterocycles. The Kier molecular flexibility index (Phi) is 3.62. The number of aromatic hydroxyl groups is 1. The second-order valence-corrected chi connectivity index (χ2v) is 5.27. The third kappa shape index (κ3) is 2.90. The topological polar surface area (TPSA) is 84.4 Å². The Labute approximate surface area is 122 Å². The van der Waals surface area contributed by atoms with Gasteiger partial charge in [0.05, 0.1) is 12.6 Å². The average Bonchev–Trinajstić information content (AvgIpc) is 2.96. The van der Waals surface area contributed by atoms with Crippen LogP contribution in [0.3, 0.4) is 0 Å². The highest BCUT2D eigenvalue weighted by Gasteiger charge is 2.25. The number of amides is 1. The molecule has 21 heavy (non-hydrogen) atoms. The van der Waals surface area contributed by atoms with Crippen LogP contribution in [-0.4, -0.2) is 38.1 Å². The number of fused-ring (bicyclic) bond motifs is 1. The van der Waals surface area contributed by atoms with E-state index in [2.05, 4.69) is 9.55 Å². The maximum absolute atomic E-state index is 12.4. The highest BCUT2D eigenvalue weighted by molar-refractivity contribution is 5.82. The van der Waals surface area contributed by atoms with Crippen molar-refractivity contribution in [3.8, 4) is 5.75 Å². The Morgan fingerprint density at radius 2 is 2.10 bits per heavy atom. The lowest BCUT2D eigenvalue weighted by Gasteiger charge is -2.29. The number of nitrogens with two attached hydrogens (primary N) is 1. The van der Waals surface area contributed by atoms with E-state index < -0.39 is 6.04 Å². The highest BCUT2D eigenvalue weighted by Crippen LogP contribution is 2.14. The fraction of sp³-hybridized carbons (Fsp3) is 0.333. The minimum atomic E-state index is -0.573. The number of hydrogen-bond donors (Lipinski definition) is 2. The van der Waals surface area contributed by atoms with E-state index in [1.807, 2.05) is 6.20 Å². The zero-order valence-electron chi connectivity index (χ0n) is 11.6. The maximum Gasteiger partial charge on any atom is 0.240 e. The predicted octanol–water partition coefficient (Wildman–Crippen LogP) is 0.501. The summed E-state index contributed by atoms with van der Waals surface area (Å²) in [6.45, 7) is 1.92. The number of nitrogens with zero attached hydrogens (tertiary/aromatic N) is 3. The van der Waals surface area contributed by atoms with Crippen LogP contribution in [0.25, 0.3) is 0 Å². The summed E-state index contributed by atoms with van der Waals surface area (Å²) in [5.41, 5.74) is 6.97. The van der Waals surface area contributed by atoms with Crippen LogP contribution in [0.2, 0.25) is 0 Å². The first-order chi connectivity index (χ1) is 10.1. The number of benzene rings is 1. The van der Waals surface area contributed by atoms with Gasteiger partial charge >= 0.3 is 0 Å². The van der Waals surface area contributed by atoms with Gasteiger partial charge in [-0.3, -0.25) is 4.79 Å². The molecule has 2 aromatic rings. The molecule has 1 atom stereocenters. The molecule has 6 nitrogen and oxygen atoms in total. The number of aromatic nitrogens is 2. The lowest BCUT2D eigenvalue weighted by atomic mass is 10.1. The molecular formula is C15H18N4O2. The van der Waals surface area contributed by atoms with Crippen molar-refractivity contribution >= 4 is 5.91 Å². The summed E-state index contributed by atoms with van der Waals surface area (Å²) in [4.78, 5) is 18.4. The molecule has 110 valence electrons. The van der Waals surface area contributed by atoms with Crippen molar-refractivity contribution in [1.29, 1.82) is 0 Å². The normalized spacial score (nSPS) is 15.6. The molecule has 3 rings (SSSR count). The van der Waals surface area contributed by atoms with E-state index >= 15 is 0 Å². The smallest absolute Gasteiger partial charge is 0.240 e. The van der Waals surface area contributed by atoms with Gasteiger partial charge in [0.2, 0.25) is 5.91 Å². The first-order valence-corrected chi connectivity index (χ1v) is 6.96. The van der Waals surface area contributed by atoms with E-state index in [0.717, 1.165) is 17.9 Å². The molecule has 0 radical (unpaired) electrons. The molecule has 0 saturated carbocycles. The summed E-state index contributed by atoms with van der Waals surface area (Å²) in [6.07, 6.45) is 4.14. The van der Waals surface area contributed by atoms with Gasteiger partial charge in [-0.05, 0) is 24.1 Å². The first-order valence-electron chi connectivity index (χ1n) is 6.96. The molecule has 3 N–H and O–H groups in total. The van der Waals surface area contributed by atoms with Gasteiger partial charge in [-0.2, -0.15) is 0 Å². The van der Waals surface area contributed by atoms with Gasteiger partial charge in [-0.25, -0.2) is 4.98 Å². The van der Waals surface area contributed by atoms with Crippen molar-refractivity contribution < 1.29 is 9.90 Å². The summed E-state index contributed by atoms with van der Waals surface area (Å²) >= 11 is 0. The van der Waals surface area contributed by atoms with Crippen LogP contribution in [0.4, 0.5) is 0 Å². The van der Waals surface area contributed by atoms with Crippen LogP contribution in [0, 0.1) is 0 Å². The van der Waals surface area contributed by atoms with Crippen molar-refractivity contribution in [2.75, 3.05) is 6.54 Å². The summed E-state index contributed by atoms with van der Waals surface area (Å²) < 4.78 is 2.05. The number of hydrogen-bond acceptors (Lipinski definition) is 4. The molecular weight excluding hydrogens is 268 g/mol. The fourth-order valence-corrected chi connectivity index (χ4v) is 2.57. The number of phenols is 1. The zero-order valence-corrected chi connectivity index (χ0v) is 11.6. The van der Waals surface area contributed by atoms with Gasteiger partial charge in [0, 0.05) is 25.5 Å². The lowest BCUT2D eigenvalue weighted by molar-refractivity contribution is -0.134. The van der Waals surface area contributed by atoms with Gasteiger partial charge in [0.15, 0.2) is 0 Å². The zero-order chi connectivity index (χ0) is 14.8. The van der Waals surface area contributed by atoms with Crippen molar-refractivity contribution in [3.05, 3.63) is 48.0 Å². The third-order valence-electron chi connectivity index (χ3n) is 3.77. The molecule has 1 amide bonds. The molecule has 1 aromatic carbocycles. The number of carbonyl (C=O) groups is 1. The molecule has 0 unspecified atom stereocenters. The Morgan fingerprint density at radius 1 is 1.33 bits per heavy atom. The van der Waals surface area contributed by atoms with E-state index in [9.17, 15) is 9.90 Å². The standard InChI is InChI=1S/C15H18N4O2/c16-13(9-11-1-3-12(20)4-2-11)15(21)19-8-7-18-6-5-17-14(18)10-19/h1-6,13,20H,7-10,16H2/t13-/m1/s1. The molecule has 1 aliphatic rings. The molecule has 1 aliphatic heterocycles. The van der Waals surface area contributed by atoms with Crippen LogP contribution in [0.15, 0.2) is 36.7 Å². The molecule has 6 heteroatoms. The number of imidazole rings is 1. The van der Waals surface area contributed by atoms with Crippen LogP contribution in [0.5, 0.6) is 5.75 Å².